The van der Waals surface area contributed by atoms with Crippen LogP contribution in [0.4, 0.5) is 5.82 Å². The Hall–Kier alpha value is -1.72. The molecule has 0 bridgehead atoms. The van der Waals surface area contributed by atoms with Crippen molar-refractivity contribution in [2.24, 2.45) is 11.3 Å². The molecule has 2 aromatic heterocycles. The van der Waals surface area contributed by atoms with Gasteiger partial charge in [0.2, 0.25) is 0 Å². The molecule has 20 heavy (non-hydrogen) atoms. The number of aromatic nitrogens is 5. The third-order valence-corrected chi connectivity index (χ3v) is 4.26. The maximum Gasteiger partial charge on any atom is 0.199 e. The van der Waals surface area contributed by atoms with Crippen molar-refractivity contribution in [3.05, 3.63) is 12.4 Å². The molecule has 0 spiro atoms. The van der Waals surface area contributed by atoms with Crippen LogP contribution < -0.4 is 5.32 Å². The van der Waals surface area contributed by atoms with Gasteiger partial charge in [-0.25, -0.2) is 0 Å². The van der Waals surface area contributed by atoms with Crippen molar-refractivity contribution < 1.29 is 0 Å². The fourth-order valence-electron chi connectivity index (χ4n) is 3.52. The summed E-state index contributed by atoms with van der Waals surface area (Å²) in [7, 11) is 0. The average Bonchev–Trinajstić information content (AvgIpc) is 3.05. The highest BCUT2D eigenvalue weighted by atomic mass is 15.5. The standard InChI is InChI=1S/C14H22N6/c1-11(2)7-14(5-3-4-6-14)10-16-12-8-15-9-13-17-18-19-20(12)13/h8-9,11,16H,3-7,10H2,1-2H3. The van der Waals surface area contributed by atoms with E-state index in [2.05, 4.69) is 39.7 Å². The van der Waals surface area contributed by atoms with Crippen molar-refractivity contribution in [1.29, 1.82) is 0 Å². The predicted molar refractivity (Wildman–Crippen MR) is 77.4 cm³/mol. The number of nitrogens with zero attached hydrogens (tertiary/aromatic N) is 5. The van der Waals surface area contributed by atoms with Crippen molar-refractivity contribution in [2.45, 2.75) is 46.0 Å². The molecule has 0 amide bonds. The largest absolute Gasteiger partial charge is 0.368 e. The van der Waals surface area contributed by atoms with E-state index in [9.17, 15) is 0 Å². The van der Waals surface area contributed by atoms with Crippen LogP contribution in [0.3, 0.4) is 0 Å². The van der Waals surface area contributed by atoms with Crippen LogP contribution in [-0.4, -0.2) is 31.6 Å². The van der Waals surface area contributed by atoms with E-state index >= 15 is 0 Å². The lowest BCUT2D eigenvalue weighted by Gasteiger charge is -2.31. The van der Waals surface area contributed by atoms with Crippen LogP contribution >= 0.6 is 0 Å². The second-order valence-electron chi connectivity index (χ2n) is 6.40. The molecule has 1 N–H and O–H groups in total. The smallest absolute Gasteiger partial charge is 0.199 e. The predicted octanol–water partition coefficient (Wildman–Crippen LogP) is 2.54. The third kappa shape index (κ3) is 2.59. The van der Waals surface area contributed by atoms with Crippen molar-refractivity contribution in [1.82, 2.24) is 25.0 Å². The van der Waals surface area contributed by atoms with E-state index in [1.54, 1.807) is 16.9 Å². The van der Waals surface area contributed by atoms with Crippen LogP contribution in [0.5, 0.6) is 0 Å². The Morgan fingerprint density at radius 3 is 2.85 bits per heavy atom. The van der Waals surface area contributed by atoms with Gasteiger partial charge in [-0.05, 0) is 41.0 Å². The van der Waals surface area contributed by atoms with E-state index in [0.29, 0.717) is 11.1 Å². The molecule has 0 unspecified atom stereocenters. The minimum absolute atomic E-state index is 0.421. The summed E-state index contributed by atoms with van der Waals surface area (Å²) in [5, 5.41) is 15.1. The van der Waals surface area contributed by atoms with Gasteiger partial charge in [0.15, 0.2) is 5.65 Å². The molecule has 0 saturated heterocycles. The van der Waals surface area contributed by atoms with Crippen LogP contribution in [0.15, 0.2) is 12.4 Å². The molecular formula is C14H22N6. The maximum atomic E-state index is 4.19. The van der Waals surface area contributed by atoms with Crippen LogP contribution in [0.2, 0.25) is 0 Å². The highest BCUT2D eigenvalue weighted by molar-refractivity contribution is 5.43. The summed E-state index contributed by atoms with van der Waals surface area (Å²) in [6.07, 6.45) is 10.1. The Labute approximate surface area is 119 Å². The van der Waals surface area contributed by atoms with Gasteiger partial charge in [0.05, 0.1) is 12.4 Å². The first-order valence-electron chi connectivity index (χ1n) is 7.45. The molecule has 6 nitrogen and oxygen atoms in total. The minimum Gasteiger partial charge on any atom is -0.368 e. The van der Waals surface area contributed by atoms with Gasteiger partial charge in [-0.1, -0.05) is 26.7 Å². The van der Waals surface area contributed by atoms with Crippen molar-refractivity contribution >= 4 is 11.5 Å². The quantitative estimate of drug-likeness (QED) is 0.907. The number of rotatable bonds is 5. The molecule has 1 aliphatic carbocycles. The summed E-state index contributed by atoms with van der Waals surface area (Å²) < 4.78 is 1.71. The summed E-state index contributed by atoms with van der Waals surface area (Å²) >= 11 is 0. The lowest BCUT2D eigenvalue weighted by Crippen LogP contribution is -2.29. The molecule has 6 heteroatoms. The number of nitrogens with one attached hydrogen (secondary N) is 1. The van der Waals surface area contributed by atoms with E-state index in [0.717, 1.165) is 18.3 Å². The zero-order valence-corrected chi connectivity index (χ0v) is 12.2. The monoisotopic (exact) mass is 274 g/mol. The van der Waals surface area contributed by atoms with Gasteiger partial charge in [0.1, 0.15) is 5.82 Å². The molecule has 2 aromatic rings. The second kappa shape index (κ2) is 5.34. The molecule has 3 rings (SSSR count). The Morgan fingerprint density at radius 2 is 2.10 bits per heavy atom. The lowest BCUT2D eigenvalue weighted by atomic mass is 9.78. The number of tetrazole rings is 1. The molecule has 1 aliphatic rings. The molecule has 0 radical (unpaired) electrons. The topological polar surface area (TPSA) is 68.0 Å². The highest BCUT2D eigenvalue weighted by Crippen LogP contribution is 2.43. The molecule has 108 valence electrons. The number of anilines is 1. The van der Waals surface area contributed by atoms with Crippen LogP contribution in [0.1, 0.15) is 46.0 Å². The number of hydrogen-bond donors (Lipinski definition) is 1. The number of hydrogen-bond acceptors (Lipinski definition) is 5. The summed E-state index contributed by atoms with van der Waals surface area (Å²) in [6.45, 7) is 5.60. The molecule has 0 aromatic carbocycles. The van der Waals surface area contributed by atoms with Crippen LogP contribution in [0, 0.1) is 11.3 Å². The minimum atomic E-state index is 0.421. The van der Waals surface area contributed by atoms with Gasteiger partial charge in [-0.2, -0.15) is 4.52 Å². The Kier molecular flexibility index (Phi) is 3.54. The van der Waals surface area contributed by atoms with Gasteiger partial charge in [0, 0.05) is 6.54 Å². The highest BCUT2D eigenvalue weighted by Gasteiger charge is 2.34. The van der Waals surface area contributed by atoms with E-state index < -0.39 is 0 Å². The first kappa shape index (κ1) is 13.3. The fourth-order valence-corrected chi connectivity index (χ4v) is 3.52. The van der Waals surface area contributed by atoms with Crippen molar-refractivity contribution in [3.8, 4) is 0 Å². The molecule has 2 heterocycles. The summed E-state index contributed by atoms with van der Waals surface area (Å²) in [5.74, 6) is 1.61. The zero-order valence-electron chi connectivity index (χ0n) is 12.2. The third-order valence-electron chi connectivity index (χ3n) is 4.26. The van der Waals surface area contributed by atoms with Crippen LogP contribution in [0.25, 0.3) is 5.65 Å². The lowest BCUT2D eigenvalue weighted by molar-refractivity contribution is 0.252. The SMILES string of the molecule is CC(C)CC1(CNc2cncc3nnnn23)CCCC1. The Balaban J connectivity index is 1.75. The summed E-state index contributed by atoms with van der Waals surface area (Å²) in [4.78, 5) is 4.19. The Bertz CT molecular complexity index is 570. The van der Waals surface area contributed by atoms with E-state index in [1.165, 1.54) is 32.1 Å². The van der Waals surface area contributed by atoms with Gasteiger partial charge in [-0.3, -0.25) is 4.98 Å². The molecule has 1 fully saturated rings. The molecule has 0 aliphatic heterocycles. The van der Waals surface area contributed by atoms with E-state index in [1.807, 2.05) is 0 Å². The first-order chi connectivity index (χ1) is 9.69. The van der Waals surface area contributed by atoms with Crippen LogP contribution in [-0.2, 0) is 0 Å². The van der Waals surface area contributed by atoms with Gasteiger partial charge in [0.25, 0.3) is 0 Å². The maximum absolute atomic E-state index is 4.19. The summed E-state index contributed by atoms with van der Waals surface area (Å²) in [6, 6.07) is 0. The fraction of sp³-hybridized carbons (Fsp3) is 0.714. The average molecular weight is 274 g/mol. The zero-order chi connectivity index (χ0) is 14.0. The van der Waals surface area contributed by atoms with Gasteiger partial charge in [-0.15, -0.1) is 5.10 Å². The molecular weight excluding hydrogens is 252 g/mol. The van der Waals surface area contributed by atoms with E-state index in [4.69, 9.17) is 0 Å². The Morgan fingerprint density at radius 1 is 1.30 bits per heavy atom. The molecule has 0 atom stereocenters. The van der Waals surface area contributed by atoms with Crippen molar-refractivity contribution in [3.63, 3.8) is 0 Å². The molecule has 1 saturated carbocycles. The summed E-state index contributed by atoms with van der Waals surface area (Å²) in [5.41, 5.74) is 1.10. The second-order valence-corrected chi connectivity index (χ2v) is 6.40. The number of fused-ring (bicyclic) bond motifs is 1. The first-order valence-corrected chi connectivity index (χ1v) is 7.45. The van der Waals surface area contributed by atoms with Crippen molar-refractivity contribution in [2.75, 3.05) is 11.9 Å². The van der Waals surface area contributed by atoms with Gasteiger partial charge < -0.3 is 5.32 Å². The normalized spacial score (nSPS) is 17.9. The van der Waals surface area contributed by atoms with Gasteiger partial charge >= 0.3 is 0 Å². The van der Waals surface area contributed by atoms with E-state index in [-0.39, 0.29) is 0 Å².